The van der Waals surface area contributed by atoms with Gasteiger partial charge in [0.25, 0.3) is 17.5 Å². The van der Waals surface area contributed by atoms with Crippen LogP contribution in [0.4, 0.5) is 11.4 Å². The molecule has 0 aliphatic heterocycles. The van der Waals surface area contributed by atoms with Gasteiger partial charge in [0.15, 0.2) is 11.7 Å². The van der Waals surface area contributed by atoms with E-state index in [0.29, 0.717) is 11.3 Å². The standard InChI is InChI=1S/C20H19N5O6S/c26-17(11-31-16-9-7-15(8-10-16)25(29)30)22-20(32)24-23-19(28)13-3-5-14(6-4-13)21-18(27)12-1-2-12/h3-10,12H,1-2,11H2,(H,21,27)(H,23,28)(H2,22,24,26,32). The second-order valence-corrected chi connectivity index (χ2v) is 7.25. The van der Waals surface area contributed by atoms with Gasteiger partial charge in [-0.3, -0.25) is 40.7 Å². The highest BCUT2D eigenvalue weighted by Gasteiger charge is 2.29. The van der Waals surface area contributed by atoms with Gasteiger partial charge in [-0.05, 0) is 61.5 Å². The summed E-state index contributed by atoms with van der Waals surface area (Å²) in [7, 11) is 0. The van der Waals surface area contributed by atoms with Gasteiger partial charge in [-0.2, -0.15) is 0 Å². The SMILES string of the molecule is O=C(COc1ccc([N+](=O)[O-])cc1)NC(=S)NNC(=O)c1ccc(NC(=O)C2CC2)cc1. The lowest BCUT2D eigenvalue weighted by Gasteiger charge is -2.11. The number of thiocarbonyl (C=S) groups is 1. The zero-order chi connectivity index (χ0) is 23.1. The molecule has 0 spiro atoms. The van der Waals surface area contributed by atoms with Crippen LogP contribution in [0, 0.1) is 16.0 Å². The van der Waals surface area contributed by atoms with Crippen molar-refractivity contribution >= 4 is 46.4 Å². The van der Waals surface area contributed by atoms with E-state index in [-0.39, 0.29) is 35.0 Å². The minimum atomic E-state index is -0.592. The van der Waals surface area contributed by atoms with E-state index < -0.39 is 16.7 Å². The van der Waals surface area contributed by atoms with Crippen LogP contribution in [0.5, 0.6) is 5.75 Å². The quantitative estimate of drug-likeness (QED) is 0.278. The fourth-order valence-electron chi connectivity index (χ4n) is 2.49. The molecule has 3 rings (SSSR count). The Hall–Kier alpha value is -4.06. The first-order chi connectivity index (χ1) is 15.3. The number of carbonyl (C=O) groups excluding carboxylic acids is 3. The number of carbonyl (C=O) groups is 3. The van der Waals surface area contributed by atoms with Crippen molar-refractivity contribution in [3.8, 4) is 5.75 Å². The maximum absolute atomic E-state index is 12.2. The van der Waals surface area contributed by atoms with E-state index in [4.69, 9.17) is 17.0 Å². The van der Waals surface area contributed by atoms with Crippen LogP contribution in [0.2, 0.25) is 0 Å². The van der Waals surface area contributed by atoms with E-state index in [9.17, 15) is 24.5 Å². The summed E-state index contributed by atoms with van der Waals surface area (Å²) in [5.41, 5.74) is 5.57. The van der Waals surface area contributed by atoms with Gasteiger partial charge < -0.3 is 10.1 Å². The van der Waals surface area contributed by atoms with Gasteiger partial charge in [0.1, 0.15) is 5.75 Å². The van der Waals surface area contributed by atoms with E-state index in [1.807, 2.05) is 0 Å². The maximum Gasteiger partial charge on any atom is 0.269 e. The van der Waals surface area contributed by atoms with E-state index in [1.54, 1.807) is 24.3 Å². The first kappa shape index (κ1) is 22.6. The average Bonchev–Trinajstić information content (AvgIpc) is 3.62. The first-order valence-electron chi connectivity index (χ1n) is 9.50. The molecule has 4 N–H and O–H groups in total. The van der Waals surface area contributed by atoms with Crippen molar-refractivity contribution in [1.29, 1.82) is 0 Å². The number of anilines is 1. The molecular weight excluding hydrogens is 438 g/mol. The summed E-state index contributed by atoms with van der Waals surface area (Å²) in [6.07, 6.45) is 1.80. The second kappa shape index (κ2) is 10.3. The van der Waals surface area contributed by atoms with Gasteiger partial charge in [0.05, 0.1) is 4.92 Å². The number of nitro groups is 1. The van der Waals surface area contributed by atoms with E-state index in [0.717, 1.165) is 12.8 Å². The number of hydrogen-bond acceptors (Lipinski definition) is 7. The van der Waals surface area contributed by atoms with Gasteiger partial charge in [-0.15, -0.1) is 0 Å². The van der Waals surface area contributed by atoms with Gasteiger partial charge in [0, 0.05) is 29.3 Å². The van der Waals surface area contributed by atoms with Crippen molar-refractivity contribution in [2.45, 2.75) is 12.8 Å². The summed E-state index contributed by atoms with van der Waals surface area (Å²) in [6.45, 7) is -0.387. The van der Waals surface area contributed by atoms with Crippen LogP contribution in [0.3, 0.4) is 0 Å². The maximum atomic E-state index is 12.2. The van der Waals surface area contributed by atoms with Crippen molar-refractivity contribution in [3.63, 3.8) is 0 Å². The predicted octanol–water partition coefficient (Wildman–Crippen LogP) is 1.66. The topological polar surface area (TPSA) is 152 Å². The van der Waals surface area contributed by atoms with Gasteiger partial charge in [-0.25, -0.2) is 0 Å². The highest BCUT2D eigenvalue weighted by Crippen LogP contribution is 2.30. The van der Waals surface area contributed by atoms with Gasteiger partial charge >= 0.3 is 0 Å². The zero-order valence-electron chi connectivity index (χ0n) is 16.6. The summed E-state index contributed by atoms with van der Waals surface area (Å²) >= 11 is 4.94. The second-order valence-electron chi connectivity index (χ2n) is 6.84. The molecule has 0 heterocycles. The van der Waals surface area contributed by atoms with Crippen molar-refractivity contribution in [2.24, 2.45) is 5.92 Å². The fraction of sp³-hybridized carbons (Fsp3) is 0.200. The number of rotatable bonds is 7. The van der Waals surface area contributed by atoms with Crippen LogP contribution in [-0.4, -0.2) is 34.4 Å². The number of nitrogens with one attached hydrogen (secondary N) is 4. The van der Waals surface area contributed by atoms with Crippen molar-refractivity contribution in [2.75, 3.05) is 11.9 Å². The number of amides is 3. The van der Waals surface area contributed by atoms with E-state index in [2.05, 4.69) is 21.5 Å². The Bertz CT molecular complexity index is 1040. The summed E-state index contributed by atoms with van der Waals surface area (Å²) in [4.78, 5) is 45.8. The minimum Gasteiger partial charge on any atom is -0.484 e. The number of non-ortho nitro benzene ring substituents is 1. The van der Waals surface area contributed by atoms with Gasteiger partial charge in [-0.1, -0.05) is 0 Å². The summed E-state index contributed by atoms with van der Waals surface area (Å²) in [5.74, 6) is -0.759. The summed E-state index contributed by atoms with van der Waals surface area (Å²) in [6, 6.07) is 11.6. The molecule has 3 amide bonds. The number of hydrogen-bond donors (Lipinski definition) is 4. The first-order valence-corrected chi connectivity index (χ1v) is 9.91. The minimum absolute atomic E-state index is 0.0254. The summed E-state index contributed by atoms with van der Waals surface area (Å²) in [5, 5.41) is 15.6. The monoisotopic (exact) mass is 457 g/mol. The molecule has 1 aliphatic carbocycles. The number of nitro benzene ring substituents is 1. The van der Waals surface area contributed by atoms with Crippen LogP contribution >= 0.6 is 12.2 Å². The Kier molecular flexibility index (Phi) is 7.29. The predicted molar refractivity (Wildman–Crippen MR) is 118 cm³/mol. The van der Waals surface area contributed by atoms with E-state index >= 15 is 0 Å². The Morgan fingerprint density at radius 3 is 2.28 bits per heavy atom. The third-order valence-electron chi connectivity index (χ3n) is 4.32. The lowest BCUT2D eigenvalue weighted by atomic mass is 10.2. The molecule has 166 valence electrons. The molecule has 2 aromatic carbocycles. The Morgan fingerprint density at radius 2 is 1.69 bits per heavy atom. The Morgan fingerprint density at radius 1 is 1.03 bits per heavy atom. The van der Waals surface area contributed by atoms with Crippen LogP contribution in [0.25, 0.3) is 0 Å². The molecule has 0 bridgehead atoms. The van der Waals surface area contributed by atoms with Crippen molar-refractivity contribution in [3.05, 3.63) is 64.2 Å². The lowest BCUT2D eigenvalue weighted by Crippen LogP contribution is -2.49. The molecule has 0 aromatic heterocycles. The molecule has 1 saturated carbocycles. The third-order valence-corrected chi connectivity index (χ3v) is 4.53. The van der Waals surface area contributed by atoms with Crippen molar-refractivity contribution < 1.29 is 24.0 Å². The molecule has 1 aliphatic rings. The smallest absolute Gasteiger partial charge is 0.269 e. The molecule has 0 atom stereocenters. The zero-order valence-corrected chi connectivity index (χ0v) is 17.4. The summed E-state index contributed by atoms with van der Waals surface area (Å²) < 4.78 is 5.22. The number of benzene rings is 2. The van der Waals surface area contributed by atoms with Crippen LogP contribution in [-0.2, 0) is 9.59 Å². The molecule has 0 saturated heterocycles. The molecule has 2 aromatic rings. The normalized spacial score (nSPS) is 12.2. The largest absolute Gasteiger partial charge is 0.484 e. The van der Waals surface area contributed by atoms with Gasteiger partial charge in [0.2, 0.25) is 5.91 Å². The molecular formula is C20H19N5O6S. The molecule has 0 radical (unpaired) electrons. The van der Waals surface area contributed by atoms with Crippen molar-refractivity contribution in [1.82, 2.24) is 16.2 Å². The Balaban J connectivity index is 1.37. The molecule has 11 nitrogen and oxygen atoms in total. The molecule has 1 fully saturated rings. The van der Waals surface area contributed by atoms with Crippen LogP contribution in [0.15, 0.2) is 48.5 Å². The van der Waals surface area contributed by atoms with Crippen LogP contribution < -0.4 is 26.2 Å². The van der Waals surface area contributed by atoms with E-state index in [1.165, 1.54) is 24.3 Å². The lowest BCUT2D eigenvalue weighted by molar-refractivity contribution is -0.384. The van der Waals surface area contributed by atoms with Crippen LogP contribution in [0.1, 0.15) is 23.2 Å². The highest BCUT2D eigenvalue weighted by atomic mass is 32.1. The third kappa shape index (κ3) is 6.74. The fourth-order valence-corrected chi connectivity index (χ4v) is 2.65. The Labute approximate surface area is 187 Å². The average molecular weight is 457 g/mol. The molecule has 12 heteroatoms. The number of nitrogens with zero attached hydrogens (tertiary/aromatic N) is 1. The molecule has 0 unspecified atom stereocenters. The number of hydrazine groups is 1. The number of ether oxygens (including phenoxy) is 1. The highest BCUT2D eigenvalue weighted by molar-refractivity contribution is 7.80. The molecule has 32 heavy (non-hydrogen) atoms.